The molecule has 0 saturated carbocycles. The molecule has 1 aromatic rings. The number of hydrogen-bond donors (Lipinski definition) is 1. The van der Waals surface area contributed by atoms with Crippen LogP contribution in [0.4, 0.5) is 0 Å². The normalized spacial score (nSPS) is 15.2. The molecule has 2 N–H and O–H groups in total. The fourth-order valence-corrected chi connectivity index (χ4v) is 2.86. The number of fused-ring (bicyclic) bond motifs is 1. The van der Waals surface area contributed by atoms with Gasteiger partial charge in [-0.15, -0.1) is 0 Å². The molecule has 0 aromatic heterocycles. The Kier molecular flexibility index (Phi) is 3.52. The maximum absolute atomic E-state index is 6.16. The van der Waals surface area contributed by atoms with Crippen molar-refractivity contribution in [2.24, 2.45) is 11.1 Å². The summed E-state index contributed by atoms with van der Waals surface area (Å²) in [5.74, 6) is 0. The van der Waals surface area contributed by atoms with Crippen LogP contribution in [0.5, 0.6) is 0 Å². The molecule has 1 aliphatic rings. The predicted molar refractivity (Wildman–Crippen MR) is 79.5 cm³/mol. The van der Waals surface area contributed by atoms with Gasteiger partial charge in [0.05, 0.1) is 0 Å². The lowest BCUT2D eigenvalue weighted by atomic mass is 9.83. The van der Waals surface area contributed by atoms with Crippen molar-refractivity contribution in [3.05, 3.63) is 40.5 Å². The summed E-state index contributed by atoms with van der Waals surface area (Å²) in [6.45, 7) is 9.11. The fraction of sp³-hybridized carbons (Fsp3) is 0.529. The van der Waals surface area contributed by atoms with E-state index < -0.39 is 0 Å². The zero-order chi connectivity index (χ0) is 13.3. The van der Waals surface area contributed by atoms with E-state index in [0.29, 0.717) is 5.41 Å². The van der Waals surface area contributed by atoms with E-state index in [-0.39, 0.29) is 0 Å². The van der Waals surface area contributed by atoms with Gasteiger partial charge < -0.3 is 5.73 Å². The molecule has 1 heteroatoms. The molecule has 1 nitrogen and oxygen atoms in total. The van der Waals surface area contributed by atoms with Crippen molar-refractivity contribution in [3.8, 4) is 0 Å². The lowest BCUT2D eigenvalue weighted by Crippen LogP contribution is -2.13. The summed E-state index contributed by atoms with van der Waals surface area (Å²) in [7, 11) is 0. The molecule has 0 atom stereocenters. The number of nitrogens with two attached hydrogens (primary N) is 1. The van der Waals surface area contributed by atoms with Gasteiger partial charge >= 0.3 is 0 Å². The summed E-state index contributed by atoms with van der Waals surface area (Å²) in [6, 6.07) is 4.70. The van der Waals surface area contributed by atoms with Crippen molar-refractivity contribution in [2.75, 3.05) is 0 Å². The molecule has 0 spiro atoms. The molecule has 1 aliphatic carbocycles. The van der Waals surface area contributed by atoms with Crippen LogP contribution in [-0.2, 0) is 19.3 Å². The SMILES string of the molecule is CCc1cc(CC(C)(C)C)cc2c1CCC=C2N. The monoisotopic (exact) mass is 243 g/mol. The second-order valence-electron chi connectivity index (χ2n) is 6.57. The molecule has 0 heterocycles. The highest BCUT2D eigenvalue weighted by Crippen LogP contribution is 2.30. The van der Waals surface area contributed by atoms with Crippen molar-refractivity contribution >= 4 is 5.70 Å². The van der Waals surface area contributed by atoms with Gasteiger partial charge in [0.15, 0.2) is 0 Å². The van der Waals surface area contributed by atoms with Crippen molar-refractivity contribution in [2.45, 2.75) is 53.4 Å². The van der Waals surface area contributed by atoms with Crippen LogP contribution in [0.25, 0.3) is 5.70 Å². The Balaban J connectivity index is 2.47. The molecular formula is C17H25N. The van der Waals surface area contributed by atoms with Crippen LogP contribution in [0.2, 0.25) is 0 Å². The predicted octanol–water partition coefficient (Wildman–Crippen LogP) is 4.08. The summed E-state index contributed by atoms with van der Waals surface area (Å²) in [5, 5.41) is 0. The van der Waals surface area contributed by atoms with Gasteiger partial charge in [0.1, 0.15) is 0 Å². The smallest absolute Gasteiger partial charge is 0.0350 e. The van der Waals surface area contributed by atoms with E-state index in [4.69, 9.17) is 5.73 Å². The van der Waals surface area contributed by atoms with Gasteiger partial charge in [0, 0.05) is 11.3 Å². The number of hydrogen-bond acceptors (Lipinski definition) is 1. The Hall–Kier alpha value is -1.24. The summed E-state index contributed by atoms with van der Waals surface area (Å²) in [6.07, 6.45) is 6.62. The molecular weight excluding hydrogens is 218 g/mol. The van der Waals surface area contributed by atoms with E-state index >= 15 is 0 Å². The summed E-state index contributed by atoms with van der Waals surface area (Å²) in [5.41, 5.74) is 13.2. The van der Waals surface area contributed by atoms with Gasteiger partial charge in [-0.2, -0.15) is 0 Å². The minimum absolute atomic E-state index is 0.326. The molecule has 0 bridgehead atoms. The Labute approximate surface area is 111 Å². The van der Waals surface area contributed by atoms with Crippen molar-refractivity contribution < 1.29 is 0 Å². The molecule has 0 unspecified atom stereocenters. The van der Waals surface area contributed by atoms with Crippen LogP contribution in [-0.4, -0.2) is 0 Å². The van der Waals surface area contributed by atoms with Crippen LogP contribution in [0.3, 0.4) is 0 Å². The third-order valence-corrected chi connectivity index (χ3v) is 3.59. The van der Waals surface area contributed by atoms with Crippen molar-refractivity contribution in [1.82, 2.24) is 0 Å². The van der Waals surface area contributed by atoms with Gasteiger partial charge in [-0.05, 0) is 53.9 Å². The lowest BCUT2D eigenvalue weighted by Gasteiger charge is -2.23. The highest BCUT2D eigenvalue weighted by molar-refractivity contribution is 5.69. The maximum Gasteiger partial charge on any atom is 0.0350 e. The van der Waals surface area contributed by atoms with E-state index in [1.165, 1.54) is 22.3 Å². The van der Waals surface area contributed by atoms with Gasteiger partial charge in [0.2, 0.25) is 0 Å². The molecule has 0 aliphatic heterocycles. The van der Waals surface area contributed by atoms with E-state index in [2.05, 4.69) is 45.9 Å². The molecule has 18 heavy (non-hydrogen) atoms. The Morgan fingerprint density at radius 3 is 2.56 bits per heavy atom. The highest BCUT2D eigenvalue weighted by Gasteiger charge is 2.17. The third kappa shape index (κ3) is 2.77. The third-order valence-electron chi connectivity index (χ3n) is 3.59. The summed E-state index contributed by atoms with van der Waals surface area (Å²) < 4.78 is 0. The van der Waals surface area contributed by atoms with Crippen molar-refractivity contribution in [3.63, 3.8) is 0 Å². The maximum atomic E-state index is 6.16. The Morgan fingerprint density at radius 2 is 1.94 bits per heavy atom. The minimum atomic E-state index is 0.326. The topological polar surface area (TPSA) is 26.0 Å². The van der Waals surface area contributed by atoms with Gasteiger partial charge in [-0.25, -0.2) is 0 Å². The Bertz CT molecular complexity index is 475. The first kappa shape index (κ1) is 13.2. The number of benzene rings is 1. The van der Waals surface area contributed by atoms with Gasteiger partial charge in [0.25, 0.3) is 0 Å². The summed E-state index contributed by atoms with van der Waals surface area (Å²) >= 11 is 0. The average molecular weight is 243 g/mol. The molecule has 1 aromatic carbocycles. The second-order valence-corrected chi connectivity index (χ2v) is 6.57. The molecule has 0 radical (unpaired) electrons. The van der Waals surface area contributed by atoms with Crippen molar-refractivity contribution in [1.29, 1.82) is 0 Å². The minimum Gasteiger partial charge on any atom is -0.398 e. The fourth-order valence-electron chi connectivity index (χ4n) is 2.86. The van der Waals surface area contributed by atoms with Crippen LogP contribution in [0.15, 0.2) is 18.2 Å². The first-order valence-electron chi connectivity index (χ1n) is 7.01. The van der Waals surface area contributed by atoms with Crippen LogP contribution in [0.1, 0.15) is 56.4 Å². The number of allylic oxidation sites excluding steroid dienone is 1. The van der Waals surface area contributed by atoms with Crippen LogP contribution in [0, 0.1) is 5.41 Å². The quantitative estimate of drug-likeness (QED) is 0.832. The van der Waals surface area contributed by atoms with E-state index in [1.54, 1.807) is 0 Å². The zero-order valence-electron chi connectivity index (χ0n) is 12.1. The standard InChI is InChI=1S/C17H25N/c1-5-13-9-12(11-17(2,3)4)10-15-14(13)7-6-8-16(15)18/h8-10H,5-7,11,18H2,1-4H3. The number of aryl methyl sites for hydroxylation is 1. The largest absolute Gasteiger partial charge is 0.398 e. The molecule has 0 saturated heterocycles. The molecule has 0 fully saturated rings. The highest BCUT2D eigenvalue weighted by atomic mass is 14.6. The average Bonchev–Trinajstić information content (AvgIpc) is 2.27. The second kappa shape index (κ2) is 4.79. The van der Waals surface area contributed by atoms with Gasteiger partial charge in [-0.3, -0.25) is 0 Å². The molecule has 98 valence electrons. The lowest BCUT2D eigenvalue weighted by molar-refractivity contribution is 0.411. The Morgan fingerprint density at radius 1 is 1.22 bits per heavy atom. The first-order chi connectivity index (χ1) is 8.40. The number of rotatable bonds is 2. The van der Waals surface area contributed by atoms with Gasteiger partial charge in [-0.1, -0.05) is 39.8 Å². The first-order valence-corrected chi connectivity index (χ1v) is 7.01. The molecule has 0 amide bonds. The summed E-state index contributed by atoms with van der Waals surface area (Å²) in [4.78, 5) is 0. The van der Waals surface area contributed by atoms with E-state index in [0.717, 1.165) is 31.4 Å². The zero-order valence-corrected chi connectivity index (χ0v) is 12.1. The molecule has 2 rings (SSSR count). The van der Waals surface area contributed by atoms with E-state index in [9.17, 15) is 0 Å². The van der Waals surface area contributed by atoms with Crippen LogP contribution < -0.4 is 5.73 Å². The van der Waals surface area contributed by atoms with Crippen LogP contribution >= 0.6 is 0 Å². The van der Waals surface area contributed by atoms with E-state index in [1.807, 2.05) is 0 Å².